The van der Waals surface area contributed by atoms with Crippen LogP contribution in [0.5, 0.6) is 11.5 Å². The number of para-hydroxylation sites is 1. The minimum absolute atomic E-state index is 0.706. The Balaban J connectivity index is 1.34. The van der Waals surface area contributed by atoms with E-state index in [0.717, 1.165) is 51.2 Å². The van der Waals surface area contributed by atoms with Crippen molar-refractivity contribution < 1.29 is 4.74 Å². The number of hydrogen-bond acceptors (Lipinski definition) is 4. The summed E-state index contributed by atoms with van der Waals surface area (Å²) in [5, 5.41) is 0. The van der Waals surface area contributed by atoms with E-state index >= 15 is 0 Å². The average Bonchev–Trinajstić information content (AvgIpc) is 3.18. The van der Waals surface area contributed by atoms with Gasteiger partial charge in [0, 0.05) is 34.8 Å². The third-order valence-electron chi connectivity index (χ3n) is 6.34. The van der Waals surface area contributed by atoms with Gasteiger partial charge in [0.05, 0.1) is 17.1 Å². The molecule has 0 saturated heterocycles. The van der Waals surface area contributed by atoms with Crippen molar-refractivity contribution in [2.24, 2.45) is 0 Å². The number of pyridine rings is 1. The zero-order valence-corrected chi connectivity index (χ0v) is 19.1. The van der Waals surface area contributed by atoms with E-state index in [4.69, 9.17) is 9.72 Å². The summed E-state index contributed by atoms with van der Waals surface area (Å²) in [6, 6.07) is 30.6. The van der Waals surface area contributed by atoms with E-state index in [1.807, 2.05) is 54.6 Å². The Bertz CT molecular complexity index is 1490. The van der Waals surface area contributed by atoms with Crippen LogP contribution in [0.2, 0.25) is 0 Å². The Kier molecular flexibility index (Phi) is 4.88. The quantitative estimate of drug-likeness (QED) is 0.296. The Morgan fingerprint density at radius 1 is 0.794 bits per heavy atom. The summed E-state index contributed by atoms with van der Waals surface area (Å²) in [7, 11) is 0. The van der Waals surface area contributed by atoms with E-state index in [1.54, 1.807) is 6.20 Å². The van der Waals surface area contributed by atoms with Gasteiger partial charge in [0.1, 0.15) is 24.0 Å². The predicted octanol–water partition coefficient (Wildman–Crippen LogP) is 7.13. The van der Waals surface area contributed by atoms with Gasteiger partial charge in [-0.2, -0.15) is 0 Å². The number of fused-ring (bicyclic) bond motifs is 3. The van der Waals surface area contributed by atoms with Crippen molar-refractivity contribution in [2.45, 2.75) is 20.5 Å². The number of ether oxygens (including phenoxy) is 1. The normalized spacial score (nSPS) is 12.2. The molecule has 0 atom stereocenters. The van der Waals surface area contributed by atoms with Crippen LogP contribution < -0.4 is 9.64 Å². The van der Waals surface area contributed by atoms with Gasteiger partial charge in [-0.25, -0.2) is 4.98 Å². The van der Waals surface area contributed by atoms with Crippen molar-refractivity contribution in [2.75, 3.05) is 4.90 Å². The van der Waals surface area contributed by atoms with Crippen LogP contribution in [0.1, 0.15) is 11.4 Å². The van der Waals surface area contributed by atoms with Crippen LogP contribution in [0.25, 0.3) is 22.6 Å². The van der Waals surface area contributed by atoms with Crippen LogP contribution in [-0.4, -0.2) is 14.5 Å². The lowest BCUT2D eigenvalue weighted by atomic mass is 10.1. The topological polar surface area (TPSA) is 43.2 Å². The van der Waals surface area contributed by atoms with Crippen LogP contribution in [0.15, 0.2) is 97.2 Å². The molecule has 0 saturated carbocycles. The molecule has 3 aromatic carbocycles. The molecule has 0 radical (unpaired) electrons. The number of benzene rings is 3. The molecule has 1 aliphatic rings. The van der Waals surface area contributed by atoms with Crippen LogP contribution in [0.3, 0.4) is 0 Å². The number of hydrogen-bond donors (Lipinski definition) is 0. The fourth-order valence-corrected chi connectivity index (χ4v) is 4.47. The standard InChI is InChI=1S/C29H24N4O/c1-20-21(2)32-19-33(28-15-4-3-13-26(28)29(32)31-20)23-10-8-12-25(18-23)34-24-11-7-9-22(17-24)27-14-5-6-16-30-27/h3-18H,19H2,1-2H3. The van der Waals surface area contributed by atoms with Crippen molar-refractivity contribution in [3.63, 3.8) is 0 Å². The molecule has 0 amide bonds. The number of anilines is 2. The number of rotatable bonds is 4. The van der Waals surface area contributed by atoms with Gasteiger partial charge in [0.2, 0.25) is 0 Å². The van der Waals surface area contributed by atoms with Crippen LogP contribution in [-0.2, 0) is 6.67 Å². The Morgan fingerprint density at radius 2 is 1.59 bits per heavy atom. The van der Waals surface area contributed by atoms with E-state index in [-0.39, 0.29) is 0 Å². The SMILES string of the molecule is Cc1nc2n(c1C)CN(c1cccc(Oc3cccc(-c4ccccn4)c3)c1)c1ccccc1-2. The molecule has 166 valence electrons. The van der Waals surface area contributed by atoms with Gasteiger partial charge in [-0.05, 0) is 62.4 Å². The van der Waals surface area contributed by atoms with E-state index in [0.29, 0.717) is 6.67 Å². The molecule has 6 rings (SSSR count). The Labute approximate surface area is 198 Å². The van der Waals surface area contributed by atoms with Gasteiger partial charge >= 0.3 is 0 Å². The predicted molar refractivity (Wildman–Crippen MR) is 135 cm³/mol. The van der Waals surface area contributed by atoms with E-state index in [1.165, 1.54) is 5.69 Å². The minimum Gasteiger partial charge on any atom is -0.457 e. The van der Waals surface area contributed by atoms with Crippen molar-refractivity contribution in [1.29, 1.82) is 0 Å². The summed E-state index contributed by atoms with van der Waals surface area (Å²) < 4.78 is 8.56. The van der Waals surface area contributed by atoms with Crippen LogP contribution in [0.4, 0.5) is 11.4 Å². The van der Waals surface area contributed by atoms with Crippen LogP contribution >= 0.6 is 0 Å². The lowest BCUT2D eigenvalue weighted by Crippen LogP contribution is -2.26. The Hall–Kier alpha value is -4.38. The first-order chi connectivity index (χ1) is 16.7. The third kappa shape index (κ3) is 3.52. The molecule has 2 aromatic heterocycles. The number of nitrogens with zero attached hydrogens (tertiary/aromatic N) is 4. The van der Waals surface area contributed by atoms with Gasteiger partial charge in [-0.1, -0.05) is 36.4 Å². The highest BCUT2D eigenvalue weighted by Crippen LogP contribution is 2.41. The third-order valence-corrected chi connectivity index (χ3v) is 6.34. The van der Waals surface area contributed by atoms with Gasteiger partial charge in [-0.3, -0.25) is 4.98 Å². The van der Waals surface area contributed by atoms with Crippen molar-refractivity contribution >= 4 is 11.4 Å². The maximum absolute atomic E-state index is 6.28. The zero-order chi connectivity index (χ0) is 23.1. The molecule has 3 heterocycles. The summed E-state index contributed by atoms with van der Waals surface area (Å²) >= 11 is 0. The highest BCUT2D eigenvalue weighted by molar-refractivity contribution is 5.82. The molecule has 0 fully saturated rings. The second-order valence-corrected chi connectivity index (χ2v) is 8.46. The summed E-state index contributed by atoms with van der Waals surface area (Å²) in [5.41, 5.74) is 7.56. The van der Waals surface area contributed by atoms with Gasteiger partial charge in [0.25, 0.3) is 0 Å². The maximum atomic E-state index is 6.28. The van der Waals surface area contributed by atoms with Crippen molar-refractivity contribution in [3.8, 4) is 34.1 Å². The molecule has 0 N–H and O–H groups in total. The maximum Gasteiger partial charge on any atom is 0.144 e. The number of aryl methyl sites for hydroxylation is 1. The molecular formula is C29H24N4O. The van der Waals surface area contributed by atoms with E-state index < -0.39 is 0 Å². The van der Waals surface area contributed by atoms with E-state index in [9.17, 15) is 0 Å². The fraction of sp³-hybridized carbons (Fsp3) is 0.103. The zero-order valence-electron chi connectivity index (χ0n) is 19.1. The molecule has 0 aliphatic carbocycles. The Morgan fingerprint density at radius 3 is 2.44 bits per heavy atom. The van der Waals surface area contributed by atoms with Crippen molar-refractivity contribution in [3.05, 3.63) is 109 Å². The molecule has 0 spiro atoms. The van der Waals surface area contributed by atoms with Gasteiger partial charge < -0.3 is 14.2 Å². The molecule has 5 heteroatoms. The van der Waals surface area contributed by atoms with Gasteiger partial charge in [-0.15, -0.1) is 0 Å². The highest BCUT2D eigenvalue weighted by Gasteiger charge is 2.26. The summed E-state index contributed by atoms with van der Waals surface area (Å²) in [5.74, 6) is 2.60. The monoisotopic (exact) mass is 444 g/mol. The summed E-state index contributed by atoms with van der Waals surface area (Å²) in [6.07, 6.45) is 1.80. The van der Waals surface area contributed by atoms with Crippen LogP contribution in [0, 0.1) is 13.8 Å². The first-order valence-corrected chi connectivity index (χ1v) is 11.4. The molecule has 0 bridgehead atoms. The largest absolute Gasteiger partial charge is 0.457 e. The summed E-state index contributed by atoms with van der Waals surface area (Å²) in [4.78, 5) is 11.6. The second kappa shape index (κ2) is 8.19. The fourth-order valence-electron chi connectivity index (χ4n) is 4.47. The lowest BCUT2D eigenvalue weighted by molar-refractivity contribution is 0.483. The lowest BCUT2D eigenvalue weighted by Gasteiger charge is -2.33. The minimum atomic E-state index is 0.706. The second-order valence-electron chi connectivity index (χ2n) is 8.46. The molecule has 1 aliphatic heterocycles. The smallest absolute Gasteiger partial charge is 0.144 e. The number of aromatic nitrogens is 3. The molecule has 5 aromatic rings. The molecule has 34 heavy (non-hydrogen) atoms. The molecular weight excluding hydrogens is 420 g/mol. The highest BCUT2D eigenvalue weighted by atomic mass is 16.5. The molecule has 5 nitrogen and oxygen atoms in total. The summed E-state index contributed by atoms with van der Waals surface area (Å²) in [6.45, 7) is 4.91. The van der Waals surface area contributed by atoms with Gasteiger partial charge in [0.15, 0.2) is 0 Å². The average molecular weight is 445 g/mol. The first kappa shape index (κ1) is 20.2. The molecule has 0 unspecified atom stereocenters. The van der Waals surface area contributed by atoms with Crippen molar-refractivity contribution in [1.82, 2.24) is 14.5 Å². The first-order valence-electron chi connectivity index (χ1n) is 11.4. The number of imidazole rings is 1. The van der Waals surface area contributed by atoms with E-state index in [2.05, 4.69) is 64.7 Å².